The molecule has 0 spiro atoms. The lowest BCUT2D eigenvalue weighted by molar-refractivity contribution is -0.0590. The largest absolute Gasteiger partial charge is 0.478 e. The van der Waals surface area contributed by atoms with Gasteiger partial charge in [0.2, 0.25) is 5.88 Å². The quantitative estimate of drug-likeness (QED) is 0.201. The number of carboxylic acid groups (broad SMARTS) is 1. The number of rotatable bonds is 9. The van der Waals surface area contributed by atoms with Gasteiger partial charge in [-0.1, -0.05) is 12.1 Å². The van der Waals surface area contributed by atoms with E-state index in [0.29, 0.717) is 13.0 Å². The number of carbonyl (C=O) groups is 1. The predicted molar refractivity (Wildman–Crippen MR) is 149 cm³/mol. The first kappa shape index (κ1) is 28.8. The molecule has 1 aliphatic heterocycles. The van der Waals surface area contributed by atoms with Gasteiger partial charge in [0, 0.05) is 30.2 Å². The van der Waals surface area contributed by atoms with Gasteiger partial charge in [-0.25, -0.2) is 32.3 Å². The Morgan fingerprint density at radius 1 is 1.02 bits per heavy atom. The summed E-state index contributed by atoms with van der Waals surface area (Å²) in [5.41, 5.74) is -0.167. The summed E-state index contributed by atoms with van der Waals surface area (Å²) in [7, 11) is 0. The van der Waals surface area contributed by atoms with Gasteiger partial charge in [-0.2, -0.15) is 5.26 Å². The van der Waals surface area contributed by atoms with Crippen molar-refractivity contribution in [3.05, 3.63) is 112 Å². The van der Waals surface area contributed by atoms with Crippen molar-refractivity contribution in [2.75, 3.05) is 6.61 Å². The van der Waals surface area contributed by atoms with E-state index in [2.05, 4.69) is 9.97 Å². The van der Waals surface area contributed by atoms with E-state index in [4.69, 9.17) is 14.7 Å². The molecule has 222 valence electrons. The molecule has 1 atom stereocenters. The van der Waals surface area contributed by atoms with Crippen LogP contribution < -0.4 is 4.74 Å². The van der Waals surface area contributed by atoms with Crippen molar-refractivity contribution in [2.24, 2.45) is 0 Å². The van der Waals surface area contributed by atoms with E-state index >= 15 is 13.2 Å². The molecule has 8 nitrogen and oxygen atoms in total. The summed E-state index contributed by atoms with van der Waals surface area (Å²) < 4.78 is 72.8. The highest BCUT2D eigenvalue weighted by Gasteiger charge is 2.26. The van der Waals surface area contributed by atoms with Crippen molar-refractivity contribution < 1.29 is 36.9 Å². The highest BCUT2D eigenvalue weighted by atomic mass is 19.1. The summed E-state index contributed by atoms with van der Waals surface area (Å²) in [6.07, 6.45) is 0.241. The van der Waals surface area contributed by atoms with Crippen molar-refractivity contribution in [3.63, 3.8) is 0 Å². The molecule has 1 aliphatic rings. The van der Waals surface area contributed by atoms with Gasteiger partial charge in [0.1, 0.15) is 35.4 Å². The summed E-state index contributed by atoms with van der Waals surface area (Å²) >= 11 is 0. The zero-order valence-corrected chi connectivity index (χ0v) is 22.9. The molecular weight excluding hydrogens is 580 g/mol. The Hall–Kier alpha value is -5.28. The zero-order chi connectivity index (χ0) is 31.0. The van der Waals surface area contributed by atoms with Crippen LogP contribution in [0.2, 0.25) is 0 Å². The predicted octanol–water partition coefficient (Wildman–Crippen LogP) is 6.18. The standard InChI is InChI=1S/C32H22F4N4O4/c33-23-10-17(14-37)4-5-18(23)16-44-29-3-1-2-26(39-29)22-13-24(34)19(11-25(22)35)12-28-38-27-7-6-21(32(41)42)30(36)31(27)40(28)15-20-8-9-43-20/h1-7,10-11,13,20H,8-9,12,15-16H2,(H,41,42)/t20-/m0/s1. The number of nitrogens with zero attached hydrogens (tertiary/aromatic N) is 4. The van der Waals surface area contributed by atoms with E-state index in [1.165, 1.54) is 41.0 Å². The number of pyridine rings is 1. The number of halogens is 4. The number of hydrogen-bond acceptors (Lipinski definition) is 6. The zero-order valence-electron chi connectivity index (χ0n) is 22.9. The Balaban J connectivity index is 1.28. The van der Waals surface area contributed by atoms with E-state index in [1.54, 1.807) is 0 Å². The average Bonchev–Trinajstić information content (AvgIpc) is 3.33. The number of hydrogen-bond donors (Lipinski definition) is 1. The van der Waals surface area contributed by atoms with Crippen LogP contribution in [0.15, 0.2) is 60.7 Å². The number of carboxylic acids is 1. The van der Waals surface area contributed by atoms with E-state index in [-0.39, 0.29) is 76.4 Å². The maximum absolute atomic E-state index is 15.5. The third-order valence-corrected chi connectivity index (χ3v) is 7.38. The maximum Gasteiger partial charge on any atom is 0.338 e. The van der Waals surface area contributed by atoms with Crippen LogP contribution in [-0.2, 0) is 24.3 Å². The van der Waals surface area contributed by atoms with Crippen LogP contribution in [0.5, 0.6) is 5.88 Å². The third kappa shape index (κ3) is 5.57. The van der Waals surface area contributed by atoms with Crippen LogP contribution in [0, 0.1) is 34.6 Å². The van der Waals surface area contributed by atoms with Gasteiger partial charge < -0.3 is 19.1 Å². The first-order chi connectivity index (χ1) is 21.2. The van der Waals surface area contributed by atoms with E-state index in [1.807, 2.05) is 6.07 Å². The molecule has 0 saturated carbocycles. The van der Waals surface area contributed by atoms with Crippen LogP contribution in [0.3, 0.4) is 0 Å². The van der Waals surface area contributed by atoms with Crippen molar-refractivity contribution >= 4 is 17.0 Å². The van der Waals surface area contributed by atoms with Crippen LogP contribution in [-0.4, -0.2) is 38.3 Å². The molecule has 12 heteroatoms. The van der Waals surface area contributed by atoms with Crippen LogP contribution >= 0.6 is 0 Å². The molecule has 6 rings (SSSR count). The second-order valence-corrected chi connectivity index (χ2v) is 10.2. The molecule has 0 radical (unpaired) electrons. The molecule has 2 aromatic heterocycles. The normalized spacial score (nSPS) is 14.3. The molecule has 0 amide bonds. The Kier molecular flexibility index (Phi) is 7.71. The number of ether oxygens (including phenoxy) is 2. The van der Waals surface area contributed by atoms with Gasteiger partial charge in [0.05, 0.1) is 41.1 Å². The molecule has 1 saturated heterocycles. The van der Waals surface area contributed by atoms with Gasteiger partial charge >= 0.3 is 5.97 Å². The number of nitriles is 1. The summed E-state index contributed by atoms with van der Waals surface area (Å²) in [6, 6.07) is 14.8. The van der Waals surface area contributed by atoms with Gasteiger partial charge in [0.15, 0.2) is 5.82 Å². The average molecular weight is 603 g/mol. The summed E-state index contributed by atoms with van der Waals surface area (Å²) in [6.45, 7) is 0.492. The first-order valence-corrected chi connectivity index (χ1v) is 13.5. The van der Waals surface area contributed by atoms with Gasteiger partial charge in [-0.3, -0.25) is 0 Å². The number of benzene rings is 3. The molecule has 3 heterocycles. The molecule has 5 aromatic rings. The van der Waals surface area contributed by atoms with Crippen molar-refractivity contribution in [1.29, 1.82) is 5.26 Å². The topological polar surface area (TPSA) is 110 Å². The molecule has 0 aliphatic carbocycles. The lowest BCUT2D eigenvalue weighted by Gasteiger charge is -2.27. The van der Waals surface area contributed by atoms with Crippen molar-refractivity contribution in [1.82, 2.24) is 14.5 Å². The fourth-order valence-electron chi connectivity index (χ4n) is 4.98. The number of fused-ring (bicyclic) bond motifs is 1. The summed E-state index contributed by atoms with van der Waals surface area (Å²) in [5, 5.41) is 18.3. The fraction of sp³-hybridized carbons (Fsp3) is 0.188. The highest BCUT2D eigenvalue weighted by Crippen LogP contribution is 2.30. The Bertz CT molecular complexity index is 1970. The second kappa shape index (κ2) is 11.8. The van der Waals surface area contributed by atoms with E-state index in [9.17, 15) is 14.3 Å². The van der Waals surface area contributed by atoms with Gasteiger partial charge in [-0.15, -0.1) is 0 Å². The minimum absolute atomic E-state index is 0.0461. The lowest BCUT2D eigenvalue weighted by Crippen LogP contribution is -2.32. The minimum Gasteiger partial charge on any atom is -0.478 e. The van der Waals surface area contributed by atoms with Gasteiger partial charge in [-0.05, 0) is 54.4 Å². The lowest BCUT2D eigenvalue weighted by atomic mass is 10.0. The van der Waals surface area contributed by atoms with Crippen molar-refractivity contribution in [2.45, 2.75) is 32.1 Å². The molecule has 1 fully saturated rings. The first-order valence-electron chi connectivity index (χ1n) is 13.5. The van der Waals surface area contributed by atoms with E-state index in [0.717, 1.165) is 24.3 Å². The molecule has 1 N–H and O–H groups in total. The monoisotopic (exact) mass is 602 g/mol. The van der Waals surface area contributed by atoms with Gasteiger partial charge in [0.25, 0.3) is 0 Å². The van der Waals surface area contributed by atoms with Crippen LogP contribution in [0.25, 0.3) is 22.3 Å². The molecule has 44 heavy (non-hydrogen) atoms. The Morgan fingerprint density at radius 3 is 2.52 bits per heavy atom. The number of aromatic nitrogens is 3. The Labute approximate surface area is 247 Å². The summed E-state index contributed by atoms with van der Waals surface area (Å²) in [5.74, 6) is -4.32. The highest BCUT2D eigenvalue weighted by molar-refractivity contribution is 5.93. The summed E-state index contributed by atoms with van der Waals surface area (Å²) in [4.78, 5) is 20.2. The Morgan fingerprint density at radius 2 is 1.82 bits per heavy atom. The second-order valence-electron chi connectivity index (χ2n) is 10.2. The van der Waals surface area contributed by atoms with Crippen LogP contribution in [0.1, 0.15) is 39.3 Å². The van der Waals surface area contributed by atoms with Crippen molar-refractivity contribution in [3.8, 4) is 23.2 Å². The SMILES string of the molecule is N#Cc1ccc(COc2cccc(-c3cc(F)c(Cc4nc5ccc(C(=O)O)c(F)c5n4C[C@@H]4CCO4)cc3F)n2)c(F)c1. The molecule has 0 unspecified atom stereocenters. The smallest absolute Gasteiger partial charge is 0.338 e. The molecule has 3 aromatic carbocycles. The fourth-order valence-corrected chi connectivity index (χ4v) is 4.98. The molecular formula is C32H22F4N4O4. The minimum atomic E-state index is -1.44. The van der Waals surface area contributed by atoms with E-state index < -0.39 is 34.8 Å². The third-order valence-electron chi connectivity index (χ3n) is 7.38. The number of aromatic carboxylic acids is 1. The maximum atomic E-state index is 15.5. The van der Waals surface area contributed by atoms with Crippen LogP contribution in [0.4, 0.5) is 17.6 Å². The molecule has 0 bridgehead atoms. The number of imidazole rings is 1.